The first-order valence-corrected chi connectivity index (χ1v) is 5.57. The fraction of sp³-hybridized carbons (Fsp3) is 0.429. The number of halogens is 1. The van der Waals surface area contributed by atoms with E-state index in [1.54, 1.807) is 5.51 Å². The van der Waals surface area contributed by atoms with Gasteiger partial charge in [-0.25, -0.2) is 10.8 Å². The summed E-state index contributed by atoms with van der Waals surface area (Å²) in [6, 6.07) is 0. The van der Waals surface area contributed by atoms with Crippen molar-refractivity contribution in [1.82, 2.24) is 10.4 Å². The van der Waals surface area contributed by atoms with Crippen LogP contribution in [0.15, 0.2) is 14.3 Å². The Hall–Kier alpha value is -0.460. The van der Waals surface area contributed by atoms with Crippen LogP contribution >= 0.6 is 27.3 Å². The van der Waals surface area contributed by atoms with Crippen molar-refractivity contribution in [3.63, 3.8) is 0 Å². The molecular formula is C7H11BrN4S. The van der Waals surface area contributed by atoms with Crippen molar-refractivity contribution in [2.75, 3.05) is 6.54 Å². The third kappa shape index (κ3) is 2.75. The second-order valence-corrected chi connectivity index (χ2v) is 4.52. The van der Waals surface area contributed by atoms with Crippen LogP contribution < -0.4 is 11.3 Å². The minimum absolute atomic E-state index is 0.634. The molecule has 0 aliphatic carbocycles. The van der Waals surface area contributed by atoms with Crippen molar-refractivity contribution in [2.45, 2.75) is 13.3 Å². The lowest BCUT2D eigenvalue weighted by Gasteiger charge is -2.01. The maximum absolute atomic E-state index is 5.34. The number of aliphatic imine (C=N–C) groups is 1. The molecule has 0 fully saturated rings. The summed E-state index contributed by atoms with van der Waals surface area (Å²) in [6.07, 6.45) is 0.993. The van der Waals surface area contributed by atoms with Gasteiger partial charge in [-0.2, -0.15) is 0 Å². The van der Waals surface area contributed by atoms with Crippen LogP contribution in [-0.4, -0.2) is 17.4 Å². The molecule has 0 atom stereocenters. The van der Waals surface area contributed by atoms with Gasteiger partial charge in [0.15, 0.2) is 5.84 Å². The summed E-state index contributed by atoms with van der Waals surface area (Å²) < 4.78 is 0.945. The number of nitrogens with zero attached hydrogens (tertiary/aromatic N) is 2. The van der Waals surface area contributed by atoms with Crippen molar-refractivity contribution in [2.24, 2.45) is 10.8 Å². The van der Waals surface area contributed by atoms with E-state index >= 15 is 0 Å². The molecule has 1 aromatic heterocycles. The molecule has 3 N–H and O–H groups in total. The van der Waals surface area contributed by atoms with E-state index in [0.29, 0.717) is 5.84 Å². The molecule has 0 amide bonds. The molecule has 0 aliphatic heterocycles. The summed E-state index contributed by atoms with van der Waals surface area (Å²) in [4.78, 5) is 8.40. The summed E-state index contributed by atoms with van der Waals surface area (Å²) in [5.74, 6) is 5.97. The van der Waals surface area contributed by atoms with Crippen molar-refractivity contribution in [3.8, 4) is 0 Å². The number of aromatic nitrogens is 1. The van der Waals surface area contributed by atoms with E-state index in [4.69, 9.17) is 5.84 Å². The molecule has 1 rings (SSSR count). The standard InChI is InChI=1S/C7H11BrN4S/c1-2-3-10-7(12-9)5-6(8)13-4-11-5/h4H,2-3,9H2,1H3,(H,10,12). The first-order valence-electron chi connectivity index (χ1n) is 3.90. The second kappa shape index (κ2) is 5.31. The van der Waals surface area contributed by atoms with Gasteiger partial charge in [-0.15, -0.1) is 11.3 Å². The van der Waals surface area contributed by atoms with Crippen molar-refractivity contribution < 1.29 is 0 Å². The van der Waals surface area contributed by atoms with E-state index in [0.717, 1.165) is 22.4 Å². The fourth-order valence-corrected chi connectivity index (χ4v) is 1.85. The second-order valence-electron chi connectivity index (χ2n) is 2.35. The highest BCUT2D eigenvalue weighted by atomic mass is 79.9. The molecule has 0 aromatic carbocycles. The summed E-state index contributed by atoms with van der Waals surface area (Å²) in [6.45, 7) is 2.82. The van der Waals surface area contributed by atoms with Crippen molar-refractivity contribution >= 4 is 33.1 Å². The number of hydrogen-bond acceptors (Lipinski definition) is 4. The monoisotopic (exact) mass is 262 g/mol. The molecule has 13 heavy (non-hydrogen) atoms. The van der Waals surface area contributed by atoms with Gasteiger partial charge in [-0.05, 0) is 22.4 Å². The molecular weight excluding hydrogens is 252 g/mol. The molecule has 6 heteroatoms. The molecule has 0 radical (unpaired) electrons. The summed E-state index contributed by atoms with van der Waals surface area (Å²) in [5, 5.41) is 0. The van der Waals surface area contributed by atoms with Gasteiger partial charge in [-0.1, -0.05) is 6.92 Å². The Morgan fingerprint density at radius 3 is 3.08 bits per heavy atom. The topological polar surface area (TPSA) is 63.3 Å². The maximum atomic E-state index is 5.34. The van der Waals surface area contributed by atoms with Gasteiger partial charge in [0, 0.05) is 6.54 Å². The Morgan fingerprint density at radius 1 is 1.85 bits per heavy atom. The smallest absolute Gasteiger partial charge is 0.163 e. The van der Waals surface area contributed by atoms with Gasteiger partial charge in [0.25, 0.3) is 0 Å². The molecule has 0 spiro atoms. The Bertz CT molecular complexity index is 296. The molecule has 1 aromatic rings. The van der Waals surface area contributed by atoms with Crippen molar-refractivity contribution in [3.05, 3.63) is 15.0 Å². The van der Waals surface area contributed by atoms with E-state index in [2.05, 4.69) is 38.3 Å². The van der Waals surface area contributed by atoms with Crippen LogP contribution in [0.3, 0.4) is 0 Å². The van der Waals surface area contributed by atoms with Crippen LogP contribution in [0.25, 0.3) is 0 Å². The maximum Gasteiger partial charge on any atom is 0.163 e. The number of nitrogens with one attached hydrogen (secondary N) is 1. The zero-order chi connectivity index (χ0) is 9.68. The predicted octanol–water partition coefficient (Wildman–Crippen LogP) is 1.53. The number of hydrogen-bond donors (Lipinski definition) is 2. The molecule has 0 aliphatic rings. The van der Waals surface area contributed by atoms with E-state index < -0.39 is 0 Å². The average molecular weight is 263 g/mol. The van der Waals surface area contributed by atoms with Gasteiger partial charge in [0.05, 0.1) is 5.51 Å². The highest BCUT2D eigenvalue weighted by Crippen LogP contribution is 2.20. The van der Waals surface area contributed by atoms with Gasteiger partial charge < -0.3 is 5.43 Å². The third-order valence-corrected chi connectivity index (χ3v) is 2.93. The zero-order valence-electron chi connectivity index (χ0n) is 7.25. The zero-order valence-corrected chi connectivity index (χ0v) is 9.65. The van der Waals surface area contributed by atoms with Gasteiger partial charge in [0.1, 0.15) is 9.48 Å². The Labute approximate surface area is 89.4 Å². The van der Waals surface area contributed by atoms with Crippen LogP contribution in [0, 0.1) is 0 Å². The minimum atomic E-state index is 0.634. The largest absolute Gasteiger partial charge is 0.307 e. The molecule has 1 heterocycles. The average Bonchev–Trinajstić information content (AvgIpc) is 2.54. The van der Waals surface area contributed by atoms with Crippen LogP contribution in [-0.2, 0) is 0 Å². The lowest BCUT2D eigenvalue weighted by Crippen LogP contribution is -2.31. The van der Waals surface area contributed by atoms with E-state index in [9.17, 15) is 0 Å². The lowest BCUT2D eigenvalue weighted by atomic mass is 10.4. The van der Waals surface area contributed by atoms with E-state index in [1.165, 1.54) is 11.3 Å². The minimum Gasteiger partial charge on any atom is -0.307 e. The van der Waals surface area contributed by atoms with Crippen LogP contribution in [0.5, 0.6) is 0 Å². The summed E-state index contributed by atoms with van der Waals surface area (Å²) >= 11 is 4.89. The third-order valence-electron chi connectivity index (χ3n) is 1.38. The number of nitrogens with two attached hydrogens (primary N) is 1. The van der Waals surface area contributed by atoms with Gasteiger partial charge in [0.2, 0.25) is 0 Å². The van der Waals surface area contributed by atoms with Gasteiger partial charge in [-0.3, -0.25) is 4.99 Å². The highest BCUT2D eigenvalue weighted by molar-refractivity contribution is 9.11. The number of hydrazine groups is 1. The van der Waals surface area contributed by atoms with E-state index in [-0.39, 0.29) is 0 Å². The molecule has 0 bridgehead atoms. The quantitative estimate of drug-likeness (QED) is 0.376. The van der Waals surface area contributed by atoms with Crippen molar-refractivity contribution in [1.29, 1.82) is 0 Å². The number of thiazole rings is 1. The molecule has 0 saturated carbocycles. The SMILES string of the molecule is CCCN=C(NN)c1ncsc1Br. The molecule has 4 nitrogen and oxygen atoms in total. The molecule has 0 unspecified atom stereocenters. The Morgan fingerprint density at radius 2 is 2.62 bits per heavy atom. The molecule has 0 saturated heterocycles. The number of rotatable bonds is 3. The van der Waals surface area contributed by atoms with E-state index in [1.807, 2.05) is 0 Å². The summed E-state index contributed by atoms with van der Waals surface area (Å²) in [7, 11) is 0. The fourth-order valence-electron chi connectivity index (χ4n) is 0.799. The highest BCUT2D eigenvalue weighted by Gasteiger charge is 2.08. The Kier molecular flexibility index (Phi) is 4.34. The molecule has 72 valence electrons. The lowest BCUT2D eigenvalue weighted by molar-refractivity contribution is 0.904. The number of amidine groups is 1. The van der Waals surface area contributed by atoms with Crippen LogP contribution in [0.1, 0.15) is 19.0 Å². The first kappa shape index (κ1) is 10.6. The normalized spacial score (nSPS) is 11.8. The Balaban J connectivity index is 2.84. The van der Waals surface area contributed by atoms with Gasteiger partial charge >= 0.3 is 0 Å². The van der Waals surface area contributed by atoms with Crippen LogP contribution in [0.2, 0.25) is 0 Å². The predicted molar refractivity (Wildman–Crippen MR) is 58.8 cm³/mol. The summed E-state index contributed by atoms with van der Waals surface area (Å²) in [5.41, 5.74) is 5.07. The van der Waals surface area contributed by atoms with Crippen LogP contribution in [0.4, 0.5) is 0 Å². The first-order chi connectivity index (χ1) is 6.29.